The van der Waals surface area contributed by atoms with E-state index in [-0.39, 0.29) is 6.61 Å². The van der Waals surface area contributed by atoms with Gasteiger partial charge in [-0.05, 0) is 25.0 Å². The zero-order valence-corrected chi connectivity index (χ0v) is 8.95. The molecule has 1 aliphatic heterocycles. The largest absolute Gasteiger partial charge is 0.394 e. The van der Waals surface area contributed by atoms with Gasteiger partial charge in [0.05, 0.1) is 12.1 Å². The lowest BCUT2D eigenvalue weighted by Crippen LogP contribution is -2.47. The molecule has 0 atom stereocenters. The van der Waals surface area contributed by atoms with E-state index < -0.39 is 11.5 Å². The maximum Gasteiger partial charge on any atom is 0.214 e. The zero-order valence-electron chi connectivity index (χ0n) is 8.95. The van der Waals surface area contributed by atoms with E-state index in [0.29, 0.717) is 31.9 Å². The van der Waals surface area contributed by atoms with Crippen molar-refractivity contribution in [2.45, 2.75) is 18.4 Å². The second-order valence-corrected chi connectivity index (χ2v) is 4.02. The molecule has 1 aromatic heterocycles. The van der Waals surface area contributed by atoms with Gasteiger partial charge in [0.15, 0.2) is 0 Å². The molecule has 0 aliphatic carbocycles. The molecule has 16 heavy (non-hydrogen) atoms. The standard InChI is InChI=1S/C11H15FN2O2/c12-9-2-1-3-10(13-9)14-11(8-15)4-6-16-7-5-11/h1-3,15H,4-8H2,(H,13,14). The van der Waals surface area contributed by atoms with E-state index in [9.17, 15) is 9.50 Å². The van der Waals surface area contributed by atoms with Crippen LogP contribution in [0.15, 0.2) is 18.2 Å². The number of aromatic nitrogens is 1. The number of hydrogen-bond donors (Lipinski definition) is 2. The summed E-state index contributed by atoms with van der Waals surface area (Å²) in [6.45, 7) is 1.19. The normalized spacial score (nSPS) is 19.4. The number of aliphatic hydroxyl groups is 1. The molecule has 1 aliphatic rings. The number of hydrogen-bond acceptors (Lipinski definition) is 4. The van der Waals surface area contributed by atoms with Gasteiger partial charge in [-0.3, -0.25) is 0 Å². The Labute approximate surface area is 93.5 Å². The van der Waals surface area contributed by atoms with Crippen LogP contribution < -0.4 is 5.32 Å². The molecule has 0 bridgehead atoms. The Morgan fingerprint density at radius 3 is 2.81 bits per heavy atom. The van der Waals surface area contributed by atoms with Crippen molar-refractivity contribution >= 4 is 5.82 Å². The van der Waals surface area contributed by atoms with Crippen molar-refractivity contribution in [1.29, 1.82) is 0 Å². The maximum atomic E-state index is 12.9. The van der Waals surface area contributed by atoms with Crippen LogP contribution in [-0.4, -0.2) is 35.5 Å². The predicted molar refractivity (Wildman–Crippen MR) is 57.7 cm³/mol. The predicted octanol–water partition coefficient (Wildman–Crippen LogP) is 1.17. The van der Waals surface area contributed by atoms with E-state index >= 15 is 0 Å². The van der Waals surface area contributed by atoms with Crippen LogP contribution in [0, 0.1) is 5.95 Å². The van der Waals surface area contributed by atoms with E-state index in [1.165, 1.54) is 6.07 Å². The fourth-order valence-corrected chi connectivity index (χ4v) is 1.83. The van der Waals surface area contributed by atoms with Crippen molar-refractivity contribution in [2.24, 2.45) is 0 Å². The molecular weight excluding hydrogens is 211 g/mol. The second kappa shape index (κ2) is 4.76. The van der Waals surface area contributed by atoms with Gasteiger partial charge in [-0.1, -0.05) is 6.07 Å². The summed E-state index contributed by atoms with van der Waals surface area (Å²) in [5.41, 5.74) is -0.432. The first-order valence-corrected chi connectivity index (χ1v) is 5.33. The van der Waals surface area contributed by atoms with Crippen LogP contribution in [-0.2, 0) is 4.74 Å². The number of pyridine rings is 1. The van der Waals surface area contributed by atoms with E-state index in [4.69, 9.17) is 4.74 Å². The van der Waals surface area contributed by atoms with Crippen molar-refractivity contribution in [3.05, 3.63) is 24.1 Å². The second-order valence-electron chi connectivity index (χ2n) is 4.02. The molecule has 88 valence electrons. The van der Waals surface area contributed by atoms with Gasteiger partial charge in [0.1, 0.15) is 5.82 Å². The number of nitrogens with one attached hydrogen (secondary N) is 1. The number of aliphatic hydroxyl groups excluding tert-OH is 1. The highest BCUT2D eigenvalue weighted by Crippen LogP contribution is 2.24. The van der Waals surface area contributed by atoms with E-state index in [2.05, 4.69) is 10.3 Å². The van der Waals surface area contributed by atoms with Crippen LogP contribution >= 0.6 is 0 Å². The van der Waals surface area contributed by atoms with Crippen molar-refractivity contribution in [3.8, 4) is 0 Å². The molecule has 2 N–H and O–H groups in total. The van der Waals surface area contributed by atoms with Gasteiger partial charge in [-0.15, -0.1) is 0 Å². The number of ether oxygens (including phenoxy) is 1. The third kappa shape index (κ3) is 2.48. The molecule has 0 saturated carbocycles. The Morgan fingerprint density at radius 2 is 2.19 bits per heavy atom. The van der Waals surface area contributed by atoms with E-state index in [1.54, 1.807) is 12.1 Å². The minimum absolute atomic E-state index is 0.00540. The molecule has 1 aromatic rings. The van der Waals surface area contributed by atoms with Gasteiger partial charge >= 0.3 is 0 Å². The number of halogens is 1. The summed E-state index contributed by atoms with van der Waals surface area (Å²) in [6, 6.07) is 4.58. The third-order valence-electron chi connectivity index (χ3n) is 2.86. The lowest BCUT2D eigenvalue weighted by Gasteiger charge is -2.36. The first kappa shape index (κ1) is 11.3. The number of nitrogens with zero attached hydrogens (tertiary/aromatic N) is 1. The molecule has 0 aromatic carbocycles. The SMILES string of the molecule is OCC1(Nc2cccc(F)n2)CCOCC1. The highest BCUT2D eigenvalue weighted by molar-refractivity contribution is 5.37. The van der Waals surface area contributed by atoms with Crippen LogP contribution in [0.1, 0.15) is 12.8 Å². The summed E-state index contributed by atoms with van der Waals surface area (Å²) in [7, 11) is 0. The summed E-state index contributed by atoms with van der Waals surface area (Å²) in [5.74, 6) is -0.0684. The monoisotopic (exact) mass is 226 g/mol. The van der Waals surface area contributed by atoms with E-state index in [1.807, 2.05) is 0 Å². The average molecular weight is 226 g/mol. The van der Waals surface area contributed by atoms with Crippen molar-refractivity contribution in [3.63, 3.8) is 0 Å². The van der Waals surface area contributed by atoms with Gasteiger partial charge in [-0.2, -0.15) is 4.39 Å². The minimum atomic E-state index is -0.523. The number of rotatable bonds is 3. The van der Waals surface area contributed by atoms with Gasteiger partial charge in [0.25, 0.3) is 0 Å². The van der Waals surface area contributed by atoms with Crippen LogP contribution in [0.25, 0.3) is 0 Å². The molecule has 2 heterocycles. The van der Waals surface area contributed by atoms with Crippen LogP contribution in [0.2, 0.25) is 0 Å². The van der Waals surface area contributed by atoms with Gasteiger partial charge in [0.2, 0.25) is 5.95 Å². The van der Waals surface area contributed by atoms with E-state index in [0.717, 1.165) is 0 Å². The molecule has 2 rings (SSSR count). The fraction of sp³-hybridized carbons (Fsp3) is 0.545. The molecule has 5 heteroatoms. The van der Waals surface area contributed by atoms with Crippen LogP contribution in [0.5, 0.6) is 0 Å². The molecule has 1 fully saturated rings. The Bertz CT molecular complexity index is 354. The Kier molecular flexibility index (Phi) is 3.36. The average Bonchev–Trinajstić information content (AvgIpc) is 2.30. The summed E-state index contributed by atoms with van der Waals surface area (Å²) in [6.07, 6.45) is 1.39. The maximum absolute atomic E-state index is 12.9. The molecule has 0 amide bonds. The highest BCUT2D eigenvalue weighted by Gasteiger charge is 2.32. The zero-order chi connectivity index (χ0) is 11.4. The van der Waals surface area contributed by atoms with Gasteiger partial charge in [-0.25, -0.2) is 4.98 Å². The van der Waals surface area contributed by atoms with Crippen molar-refractivity contribution in [2.75, 3.05) is 25.1 Å². The molecule has 0 unspecified atom stereocenters. The molecule has 4 nitrogen and oxygen atoms in total. The molecule has 1 saturated heterocycles. The van der Waals surface area contributed by atoms with Crippen molar-refractivity contribution in [1.82, 2.24) is 4.98 Å². The summed E-state index contributed by atoms with van der Waals surface area (Å²) < 4.78 is 18.2. The smallest absolute Gasteiger partial charge is 0.214 e. The van der Waals surface area contributed by atoms with Gasteiger partial charge < -0.3 is 15.2 Å². The van der Waals surface area contributed by atoms with Crippen LogP contribution in [0.4, 0.5) is 10.2 Å². The van der Waals surface area contributed by atoms with Gasteiger partial charge in [0, 0.05) is 13.2 Å². The first-order valence-electron chi connectivity index (χ1n) is 5.33. The fourth-order valence-electron chi connectivity index (χ4n) is 1.83. The molecule has 0 radical (unpaired) electrons. The lowest BCUT2D eigenvalue weighted by molar-refractivity contribution is 0.0378. The summed E-state index contributed by atoms with van der Waals surface area (Å²) in [4.78, 5) is 3.73. The summed E-state index contributed by atoms with van der Waals surface area (Å²) in [5, 5.41) is 12.5. The summed E-state index contributed by atoms with van der Waals surface area (Å²) >= 11 is 0. The quantitative estimate of drug-likeness (QED) is 0.760. The molecular formula is C11H15FN2O2. The topological polar surface area (TPSA) is 54.4 Å². The minimum Gasteiger partial charge on any atom is -0.394 e. The number of anilines is 1. The Morgan fingerprint density at radius 1 is 1.44 bits per heavy atom. The third-order valence-corrected chi connectivity index (χ3v) is 2.86. The Hall–Kier alpha value is -1.20. The molecule has 0 spiro atoms. The lowest BCUT2D eigenvalue weighted by atomic mass is 9.91. The van der Waals surface area contributed by atoms with Crippen LogP contribution in [0.3, 0.4) is 0 Å². The van der Waals surface area contributed by atoms with Crippen molar-refractivity contribution < 1.29 is 14.2 Å². The first-order chi connectivity index (χ1) is 7.74. The Balaban J connectivity index is 2.11. The highest BCUT2D eigenvalue weighted by atomic mass is 19.1.